The summed E-state index contributed by atoms with van der Waals surface area (Å²) in [7, 11) is 0. The predicted molar refractivity (Wildman–Crippen MR) is 80.0 cm³/mol. The van der Waals surface area contributed by atoms with Crippen LogP contribution in [0.5, 0.6) is 5.75 Å². The molecular weight excluding hydrogens is 352 g/mol. The molecule has 1 heterocycles. The lowest BCUT2D eigenvalue weighted by Crippen LogP contribution is -2.28. The smallest absolute Gasteiger partial charge is 0.256 e. The molecule has 2 rings (SSSR count). The second-order valence-corrected chi connectivity index (χ2v) is 5.44. The van der Waals surface area contributed by atoms with E-state index in [0.717, 1.165) is 0 Å². The van der Waals surface area contributed by atoms with E-state index < -0.39 is 13.0 Å². The van der Waals surface area contributed by atoms with Crippen LogP contribution in [0.3, 0.4) is 0 Å². The molecule has 0 amide bonds. The maximum absolute atomic E-state index is 12.8. The first-order valence-electron chi connectivity index (χ1n) is 5.71. The van der Waals surface area contributed by atoms with E-state index in [2.05, 4.69) is 22.5 Å². The Morgan fingerprint density at radius 1 is 1.35 bits per heavy atom. The Morgan fingerprint density at radius 3 is 2.65 bits per heavy atom. The summed E-state index contributed by atoms with van der Waals surface area (Å²) >= 11 is 9.34. The lowest BCUT2D eigenvalue weighted by molar-refractivity contribution is 0.123. The van der Waals surface area contributed by atoms with E-state index in [4.69, 9.17) is 11.6 Å². The van der Waals surface area contributed by atoms with Crippen molar-refractivity contribution in [3.63, 3.8) is 0 Å². The largest absolute Gasteiger partial charge is 0.508 e. The molecule has 1 aliphatic heterocycles. The van der Waals surface area contributed by atoms with Crippen LogP contribution in [0, 0.1) is 0 Å². The zero-order chi connectivity index (χ0) is 14.9. The van der Waals surface area contributed by atoms with E-state index in [1.54, 1.807) is 18.2 Å². The van der Waals surface area contributed by atoms with Crippen LogP contribution in [0.2, 0.25) is 5.02 Å². The van der Waals surface area contributed by atoms with Gasteiger partial charge in [-0.3, -0.25) is 0 Å². The summed E-state index contributed by atoms with van der Waals surface area (Å²) in [4.78, 5) is 1.40. The average molecular weight is 363 g/mol. The van der Waals surface area contributed by atoms with Gasteiger partial charge < -0.3 is 10.0 Å². The second-order valence-electron chi connectivity index (χ2n) is 4.18. The minimum Gasteiger partial charge on any atom is -0.508 e. The highest BCUT2D eigenvalue weighted by atomic mass is 79.9. The van der Waals surface area contributed by atoms with Crippen molar-refractivity contribution in [1.29, 1.82) is 0 Å². The lowest BCUT2D eigenvalue weighted by atomic mass is 10.1. The van der Waals surface area contributed by atoms with Crippen molar-refractivity contribution in [1.82, 2.24) is 4.90 Å². The number of nitrogens with zero attached hydrogens (tertiary/aromatic N) is 1. The van der Waals surface area contributed by atoms with Gasteiger partial charge in [-0.1, -0.05) is 18.2 Å². The molecule has 6 heteroatoms. The first-order chi connectivity index (χ1) is 9.40. The molecule has 0 aliphatic carbocycles. The molecule has 2 nitrogen and oxygen atoms in total. The number of benzene rings is 1. The second kappa shape index (κ2) is 5.97. The number of phenolic OH excluding ortho intramolecular Hbond substituents is 1. The number of allylic oxidation sites excluding steroid dienone is 3. The third-order valence-corrected chi connectivity index (χ3v) is 3.86. The minimum atomic E-state index is -2.51. The van der Waals surface area contributed by atoms with Crippen molar-refractivity contribution >= 4 is 33.2 Å². The Hall–Kier alpha value is -1.33. The zero-order valence-corrected chi connectivity index (χ0v) is 12.6. The van der Waals surface area contributed by atoms with Crippen LogP contribution in [-0.4, -0.2) is 23.0 Å². The van der Waals surface area contributed by atoms with Gasteiger partial charge in [-0.15, -0.1) is 0 Å². The van der Waals surface area contributed by atoms with E-state index in [9.17, 15) is 13.9 Å². The van der Waals surface area contributed by atoms with Crippen LogP contribution >= 0.6 is 27.5 Å². The topological polar surface area (TPSA) is 23.5 Å². The molecule has 0 radical (unpaired) electrons. The van der Waals surface area contributed by atoms with Gasteiger partial charge in [0.15, 0.2) is 0 Å². The molecule has 0 fully saturated rings. The van der Waals surface area contributed by atoms with Crippen molar-refractivity contribution in [3.8, 4) is 5.75 Å². The van der Waals surface area contributed by atoms with Crippen molar-refractivity contribution < 1.29 is 13.9 Å². The Kier molecular flexibility index (Phi) is 4.50. The lowest BCUT2D eigenvalue weighted by Gasteiger charge is -2.31. The third kappa shape index (κ3) is 3.04. The monoisotopic (exact) mass is 361 g/mol. The summed E-state index contributed by atoms with van der Waals surface area (Å²) < 4.78 is 26.1. The molecule has 106 valence electrons. The maximum atomic E-state index is 12.8. The third-order valence-electron chi connectivity index (χ3n) is 2.83. The summed E-state index contributed by atoms with van der Waals surface area (Å²) in [5.74, 6) is 0.0196. The van der Waals surface area contributed by atoms with Gasteiger partial charge in [0.1, 0.15) is 5.75 Å². The van der Waals surface area contributed by atoms with Crippen LogP contribution in [0.25, 0.3) is 5.70 Å². The molecule has 0 spiro atoms. The van der Waals surface area contributed by atoms with Gasteiger partial charge >= 0.3 is 0 Å². The Bertz CT molecular complexity index is 613. The summed E-state index contributed by atoms with van der Waals surface area (Å²) in [6.45, 7) is 3.32. The number of rotatable bonds is 3. The molecule has 1 N–H and O–H groups in total. The molecule has 1 aromatic carbocycles. The number of alkyl halides is 2. The van der Waals surface area contributed by atoms with E-state index >= 15 is 0 Å². The number of aromatic hydroxyl groups is 1. The molecule has 1 aromatic rings. The fourth-order valence-electron chi connectivity index (χ4n) is 1.91. The molecule has 0 aromatic heterocycles. The maximum Gasteiger partial charge on any atom is 0.256 e. The molecule has 1 aliphatic rings. The van der Waals surface area contributed by atoms with Crippen LogP contribution in [-0.2, 0) is 0 Å². The summed E-state index contributed by atoms with van der Waals surface area (Å²) in [5.41, 5.74) is 1.51. The van der Waals surface area contributed by atoms with Crippen molar-refractivity contribution in [3.05, 3.63) is 57.7 Å². The summed E-state index contributed by atoms with van der Waals surface area (Å²) in [6, 6.07) is 4.41. The van der Waals surface area contributed by atoms with E-state index in [1.165, 1.54) is 17.0 Å². The van der Waals surface area contributed by atoms with Crippen LogP contribution < -0.4 is 0 Å². The highest BCUT2D eigenvalue weighted by molar-refractivity contribution is 9.12. The van der Waals surface area contributed by atoms with Gasteiger partial charge in [-0.25, -0.2) is 8.78 Å². The zero-order valence-electron chi connectivity index (χ0n) is 10.3. The van der Waals surface area contributed by atoms with Gasteiger partial charge in [0.25, 0.3) is 6.43 Å². The summed E-state index contributed by atoms with van der Waals surface area (Å²) in [5, 5.41) is 9.65. The van der Waals surface area contributed by atoms with E-state index in [0.29, 0.717) is 21.4 Å². The molecule has 0 saturated carbocycles. The predicted octanol–water partition coefficient (Wildman–Crippen LogP) is 4.76. The van der Waals surface area contributed by atoms with Crippen molar-refractivity contribution in [2.24, 2.45) is 0 Å². The summed E-state index contributed by atoms with van der Waals surface area (Å²) in [6.07, 6.45) is 0.895. The van der Waals surface area contributed by atoms with Crippen molar-refractivity contribution in [2.45, 2.75) is 6.43 Å². The molecule has 0 bridgehead atoms. The number of halogens is 4. The fraction of sp³-hybridized carbons (Fsp3) is 0.143. The SMILES string of the molecule is C=C1C(Br)=CC=C(c2ccc(O)cc2Cl)N1CC(F)F. The average Bonchev–Trinajstić information content (AvgIpc) is 2.36. The Morgan fingerprint density at radius 2 is 2.05 bits per heavy atom. The highest BCUT2D eigenvalue weighted by Gasteiger charge is 2.24. The first kappa shape index (κ1) is 15.1. The molecular formula is C14H11BrClF2NO. The van der Waals surface area contributed by atoms with E-state index in [1.807, 2.05) is 0 Å². The van der Waals surface area contributed by atoms with Gasteiger partial charge in [0.2, 0.25) is 0 Å². The van der Waals surface area contributed by atoms with Gasteiger partial charge in [0.05, 0.1) is 17.3 Å². The van der Waals surface area contributed by atoms with Crippen LogP contribution in [0.15, 0.2) is 47.1 Å². The van der Waals surface area contributed by atoms with Gasteiger partial charge in [-0.2, -0.15) is 0 Å². The molecule has 0 unspecified atom stereocenters. The standard InChI is InChI=1S/C14H11BrClF2NO/c1-8-11(15)4-5-13(19(8)7-14(17)18)10-3-2-9(20)6-12(10)16/h2-6,14,20H,1,7H2. The van der Waals surface area contributed by atoms with Crippen LogP contribution in [0.4, 0.5) is 8.78 Å². The molecule has 0 atom stereocenters. The normalized spacial score (nSPS) is 15.4. The Labute approximate surface area is 128 Å². The first-order valence-corrected chi connectivity index (χ1v) is 6.88. The number of phenols is 1. The highest BCUT2D eigenvalue weighted by Crippen LogP contribution is 2.37. The quantitative estimate of drug-likeness (QED) is 0.838. The van der Waals surface area contributed by atoms with Crippen molar-refractivity contribution in [2.75, 3.05) is 6.54 Å². The minimum absolute atomic E-state index is 0.0196. The van der Waals surface area contributed by atoms with Gasteiger partial charge in [-0.05, 0) is 46.3 Å². The van der Waals surface area contributed by atoms with Gasteiger partial charge in [0, 0.05) is 15.7 Å². The van der Waals surface area contributed by atoms with E-state index in [-0.39, 0.29) is 10.8 Å². The molecule has 0 saturated heterocycles. The number of hydrogen-bond donors (Lipinski definition) is 1. The molecule has 20 heavy (non-hydrogen) atoms. The Balaban J connectivity index is 2.48. The fourth-order valence-corrected chi connectivity index (χ4v) is 2.52. The number of hydrogen-bond acceptors (Lipinski definition) is 2. The van der Waals surface area contributed by atoms with Crippen LogP contribution in [0.1, 0.15) is 5.56 Å².